The highest BCUT2D eigenvalue weighted by atomic mass is 15.4. The fraction of sp³-hybridized carbons (Fsp3) is 0.625. The monoisotopic (exact) mass is 275 g/mol. The van der Waals surface area contributed by atoms with E-state index >= 15 is 0 Å². The van der Waals surface area contributed by atoms with Crippen molar-refractivity contribution in [2.75, 3.05) is 37.6 Å². The first kappa shape index (κ1) is 13.7. The van der Waals surface area contributed by atoms with E-state index in [2.05, 4.69) is 17.4 Å². The number of hydrogen-bond acceptors (Lipinski definition) is 3. The molecule has 2 fully saturated rings. The molecule has 2 heterocycles. The largest absolute Gasteiger partial charge is 0.397 e. The Kier molecular flexibility index (Phi) is 3.85. The molecule has 2 saturated heterocycles. The summed E-state index contributed by atoms with van der Waals surface area (Å²) in [6, 6.07) is 7.06. The topological polar surface area (TPSA) is 64.1 Å². The molecule has 4 heteroatoms. The maximum atomic E-state index is 6.07. The van der Waals surface area contributed by atoms with Crippen molar-refractivity contribution in [3.8, 4) is 0 Å². The van der Waals surface area contributed by atoms with Crippen LogP contribution in [0.15, 0.2) is 18.2 Å². The fourth-order valence-electron chi connectivity index (χ4n) is 4.05. The lowest BCUT2D eigenvalue weighted by Crippen LogP contribution is -2.62. The molecule has 3 rings (SSSR count). The molecular formula is C16H27N4+. The Bertz CT molecular complexity index is 460. The summed E-state index contributed by atoms with van der Waals surface area (Å²) in [6.45, 7) is 4.81. The molecule has 0 aromatic heterocycles. The van der Waals surface area contributed by atoms with Crippen LogP contribution in [0.2, 0.25) is 0 Å². The molecule has 5 N–H and O–H groups in total. The van der Waals surface area contributed by atoms with Crippen molar-refractivity contribution in [1.29, 1.82) is 0 Å². The van der Waals surface area contributed by atoms with Crippen molar-refractivity contribution < 1.29 is 0 Å². The maximum absolute atomic E-state index is 6.07. The van der Waals surface area contributed by atoms with E-state index in [-0.39, 0.29) is 0 Å². The highest BCUT2D eigenvalue weighted by Gasteiger charge is 2.40. The second-order valence-corrected chi connectivity index (χ2v) is 6.34. The number of anilines is 2. The Balaban J connectivity index is 1.97. The number of hydrogen-bond donors (Lipinski definition) is 3. The van der Waals surface area contributed by atoms with E-state index in [4.69, 9.17) is 11.5 Å². The van der Waals surface area contributed by atoms with Gasteiger partial charge < -0.3 is 16.8 Å². The van der Waals surface area contributed by atoms with Gasteiger partial charge in [0.15, 0.2) is 0 Å². The van der Waals surface area contributed by atoms with Crippen molar-refractivity contribution >= 4 is 17.1 Å². The molecule has 4 nitrogen and oxygen atoms in total. The highest BCUT2D eigenvalue weighted by molar-refractivity contribution is 5.69. The number of quaternary nitrogens is 1. The predicted octanol–water partition coefficient (Wildman–Crippen LogP) is 2.09. The van der Waals surface area contributed by atoms with Crippen LogP contribution in [0.1, 0.15) is 32.1 Å². The number of nitrogens with two attached hydrogens (primary N) is 2. The Morgan fingerprint density at radius 1 is 0.950 bits per heavy atom. The number of benzene rings is 1. The van der Waals surface area contributed by atoms with Crippen LogP contribution < -0.4 is 21.3 Å². The van der Waals surface area contributed by atoms with E-state index in [0.29, 0.717) is 5.69 Å². The van der Waals surface area contributed by atoms with Crippen LogP contribution in [0, 0.1) is 0 Å². The summed E-state index contributed by atoms with van der Waals surface area (Å²) < 4.78 is 1.13. The zero-order chi connectivity index (χ0) is 14.0. The Labute approximate surface area is 121 Å². The molecule has 0 atom stereocenters. The van der Waals surface area contributed by atoms with Crippen LogP contribution in [0.25, 0.3) is 0 Å². The van der Waals surface area contributed by atoms with E-state index in [1.807, 2.05) is 6.07 Å². The molecule has 2 aliphatic heterocycles. The normalized spacial score (nSPS) is 23.6. The molecule has 0 unspecified atom stereocenters. The van der Waals surface area contributed by atoms with E-state index in [0.717, 1.165) is 29.3 Å². The fourth-order valence-corrected chi connectivity index (χ4v) is 4.05. The first-order valence-corrected chi connectivity index (χ1v) is 7.95. The van der Waals surface area contributed by atoms with Crippen LogP contribution in [-0.4, -0.2) is 32.2 Å². The van der Waals surface area contributed by atoms with Crippen LogP contribution in [0.3, 0.4) is 0 Å². The number of nitrogens with one attached hydrogen (secondary N) is 1. The summed E-state index contributed by atoms with van der Waals surface area (Å²) in [7, 11) is 0. The van der Waals surface area contributed by atoms with Crippen molar-refractivity contribution in [3.05, 3.63) is 18.2 Å². The van der Waals surface area contributed by atoms with Crippen molar-refractivity contribution in [1.82, 2.24) is 9.80 Å². The minimum absolute atomic E-state index is 0.703. The third-order valence-corrected chi connectivity index (χ3v) is 5.21. The molecule has 20 heavy (non-hydrogen) atoms. The molecule has 2 aliphatic rings. The summed E-state index contributed by atoms with van der Waals surface area (Å²) in [5.41, 5.74) is 14.8. The number of likely N-dealkylation sites (tertiary alicyclic amines) is 1. The third kappa shape index (κ3) is 2.38. The summed E-state index contributed by atoms with van der Waals surface area (Å²) in [4.78, 5) is 0. The van der Waals surface area contributed by atoms with E-state index in [1.54, 1.807) is 0 Å². The molecule has 0 saturated carbocycles. The van der Waals surface area contributed by atoms with Gasteiger partial charge in [0.05, 0.1) is 30.5 Å². The molecule has 0 amide bonds. The standard InChI is InChI=1S/C16H27N4/c17-15-5-4-14(12-16(15)18)20(10-2-1-3-11-20)13-6-8-19-9-7-13/h4-5,12-13,19H,1-3,6-11,17-18H2/q+1. The zero-order valence-electron chi connectivity index (χ0n) is 12.3. The Morgan fingerprint density at radius 3 is 2.30 bits per heavy atom. The Morgan fingerprint density at radius 2 is 1.65 bits per heavy atom. The molecule has 0 bridgehead atoms. The van der Waals surface area contributed by atoms with Gasteiger partial charge in [-0.3, -0.25) is 4.48 Å². The first-order chi connectivity index (χ1) is 9.72. The minimum Gasteiger partial charge on any atom is -0.397 e. The minimum atomic E-state index is 0.703. The number of rotatable bonds is 2. The smallest absolute Gasteiger partial charge is 0.135 e. The third-order valence-electron chi connectivity index (χ3n) is 5.21. The maximum Gasteiger partial charge on any atom is 0.135 e. The predicted molar refractivity (Wildman–Crippen MR) is 86.5 cm³/mol. The first-order valence-electron chi connectivity index (χ1n) is 7.95. The quantitative estimate of drug-likeness (QED) is 0.572. The summed E-state index contributed by atoms with van der Waals surface area (Å²) in [5.74, 6) is 0. The van der Waals surface area contributed by atoms with Crippen LogP contribution in [0.5, 0.6) is 0 Å². The molecule has 1 aromatic carbocycles. The highest BCUT2D eigenvalue weighted by Crippen LogP contribution is 2.36. The molecule has 0 spiro atoms. The lowest BCUT2D eigenvalue weighted by molar-refractivity contribution is 0.139. The summed E-state index contributed by atoms with van der Waals surface area (Å²) in [5, 5.41) is 3.49. The van der Waals surface area contributed by atoms with Crippen molar-refractivity contribution in [3.63, 3.8) is 0 Å². The lowest BCUT2D eigenvalue weighted by atomic mass is 9.95. The van der Waals surface area contributed by atoms with Crippen LogP contribution >= 0.6 is 0 Å². The zero-order valence-corrected chi connectivity index (χ0v) is 12.3. The van der Waals surface area contributed by atoms with Gasteiger partial charge in [-0.15, -0.1) is 0 Å². The van der Waals surface area contributed by atoms with Gasteiger partial charge in [0.2, 0.25) is 0 Å². The van der Waals surface area contributed by atoms with Crippen LogP contribution in [-0.2, 0) is 0 Å². The van der Waals surface area contributed by atoms with Gasteiger partial charge in [-0.05, 0) is 25.3 Å². The molecule has 1 aromatic rings. The average molecular weight is 275 g/mol. The molecular weight excluding hydrogens is 248 g/mol. The van der Waals surface area contributed by atoms with E-state index in [9.17, 15) is 0 Å². The van der Waals surface area contributed by atoms with Gasteiger partial charge in [-0.1, -0.05) is 0 Å². The number of piperidine rings is 2. The van der Waals surface area contributed by atoms with Gasteiger partial charge in [-0.2, -0.15) is 0 Å². The molecule has 0 radical (unpaired) electrons. The second-order valence-electron chi connectivity index (χ2n) is 6.34. The molecule has 110 valence electrons. The van der Waals surface area contributed by atoms with E-state index < -0.39 is 0 Å². The average Bonchev–Trinajstić information content (AvgIpc) is 2.51. The van der Waals surface area contributed by atoms with Gasteiger partial charge in [0, 0.05) is 38.1 Å². The van der Waals surface area contributed by atoms with Gasteiger partial charge in [0.1, 0.15) is 5.69 Å². The second kappa shape index (κ2) is 5.62. The van der Waals surface area contributed by atoms with E-state index in [1.165, 1.54) is 50.9 Å². The van der Waals surface area contributed by atoms with Crippen molar-refractivity contribution in [2.24, 2.45) is 0 Å². The lowest BCUT2D eigenvalue weighted by Gasteiger charge is -2.48. The Hall–Kier alpha value is -1.26. The summed E-state index contributed by atoms with van der Waals surface area (Å²) in [6.07, 6.45) is 6.56. The van der Waals surface area contributed by atoms with Gasteiger partial charge in [-0.25, -0.2) is 0 Å². The summed E-state index contributed by atoms with van der Waals surface area (Å²) >= 11 is 0. The SMILES string of the molecule is Nc1ccc([N+]2(C3CCNCC3)CCCCC2)cc1N. The van der Waals surface area contributed by atoms with Crippen LogP contribution in [0.4, 0.5) is 17.1 Å². The van der Waals surface area contributed by atoms with Gasteiger partial charge >= 0.3 is 0 Å². The number of nitrogen functional groups attached to an aromatic ring is 2. The van der Waals surface area contributed by atoms with Gasteiger partial charge in [0.25, 0.3) is 0 Å². The number of nitrogens with zero attached hydrogens (tertiary/aromatic N) is 1. The van der Waals surface area contributed by atoms with Crippen molar-refractivity contribution in [2.45, 2.75) is 38.1 Å². The molecule has 0 aliphatic carbocycles.